The third-order valence-corrected chi connectivity index (χ3v) is 2.99. The van der Waals surface area contributed by atoms with E-state index >= 15 is 0 Å². The van der Waals surface area contributed by atoms with Crippen molar-refractivity contribution >= 4 is 11.6 Å². The average Bonchev–Trinajstić information content (AvgIpc) is 2.50. The van der Waals surface area contributed by atoms with Gasteiger partial charge in [0.25, 0.3) is 0 Å². The second-order valence-electron chi connectivity index (χ2n) is 4.68. The van der Waals surface area contributed by atoms with Crippen molar-refractivity contribution in [1.29, 1.82) is 0 Å². The van der Waals surface area contributed by atoms with Gasteiger partial charge in [0.2, 0.25) is 5.91 Å². The quantitative estimate of drug-likeness (QED) is 0.642. The van der Waals surface area contributed by atoms with E-state index in [0.717, 1.165) is 12.8 Å². The Labute approximate surface area is 125 Å². The first-order chi connectivity index (χ1) is 10.1. The van der Waals surface area contributed by atoms with Crippen LogP contribution in [0, 0.1) is 0 Å². The van der Waals surface area contributed by atoms with E-state index in [2.05, 4.69) is 12.2 Å². The maximum absolute atomic E-state index is 11.9. The van der Waals surface area contributed by atoms with E-state index in [1.165, 1.54) is 7.11 Å². The molecule has 118 valence electrons. The van der Waals surface area contributed by atoms with E-state index in [0.29, 0.717) is 23.6 Å². The summed E-state index contributed by atoms with van der Waals surface area (Å²) in [6, 6.07) is 4.54. The van der Waals surface area contributed by atoms with Crippen LogP contribution in [-0.4, -0.2) is 37.4 Å². The highest BCUT2D eigenvalue weighted by Crippen LogP contribution is 2.30. The van der Waals surface area contributed by atoms with Crippen LogP contribution in [-0.2, 0) is 4.79 Å². The SMILES string of the molecule is CCCC[C@H](N)C(=O)Nc1ccc(OC)c(OCCO)c1. The van der Waals surface area contributed by atoms with Crippen molar-refractivity contribution in [3.05, 3.63) is 18.2 Å². The molecule has 0 aliphatic heterocycles. The predicted octanol–water partition coefficient (Wildman–Crippen LogP) is 1.52. The molecule has 0 aliphatic rings. The molecule has 0 radical (unpaired) electrons. The summed E-state index contributed by atoms with van der Waals surface area (Å²) in [4.78, 5) is 11.9. The molecule has 1 rings (SSSR count). The maximum atomic E-state index is 11.9. The predicted molar refractivity (Wildman–Crippen MR) is 81.7 cm³/mol. The minimum absolute atomic E-state index is 0.0956. The van der Waals surface area contributed by atoms with Gasteiger partial charge in [-0.25, -0.2) is 0 Å². The van der Waals surface area contributed by atoms with Crippen molar-refractivity contribution in [1.82, 2.24) is 0 Å². The molecule has 0 fully saturated rings. The summed E-state index contributed by atoms with van der Waals surface area (Å²) in [7, 11) is 1.53. The van der Waals surface area contributed by atoms with Crippen LogP contribution in [0.3, 0.4) is 0 Å². The summed E-state index contributed by atoms with van der Waals surface area (Å²) in [5, 5.41) is 11.6. The molecular formula is C15H24N2O4. The van der Waals surface area contributed by atoms with Gasteiger partial charge < -0.3 is 25.6 Å². The number of hydrogen-bond donors (Lipinski definition) is 3. The number of aliphatic hydroxyl groups excluding tert-OH is 1. The summed E-state index contributed by atoms with van der Waals surface area (Å²) in [6.07, 6.45) is 2.58. The van der Waals surface area contributed by atoms with Crippen LogP contribution >= 0.6 is 0 Å². The number of aliphatic hydroxyl groups is 1. The second-order valence-corrected chi connectivity index (χ2v) is 4.68. The molecule has 0 aliphatic carbocycles. The largest absolute Gasteiger partial charge is 0.493 e. The summed E-state index contributed by atoms with van der Waals surface area (Å²) in [5.74, 6) is 0.782. The number of nitrogens with two attached hydrogens (primary N) is 1. The fraction of sp³-hybridized carbons (Fsp3) is 0.533. The van der Waals surface area contributed by atoms with E-state index in [1.807, 2.05) is 0 Å². The van der Waals surface area contributed by atoms with Crippen LogP contribution in [0.15, 0.2) is 18.2 Å². The molecule has 21 heavy (non-hydrogen) atoms. The van der Waals surface area contributed by atoms with Crippen LogP contribution in [0.2, 0.25) is 0 Å². The van der Waals surface area contributed by atoms with Gasteiger partial charge in [0, 0.05) is 11.8 Å². The first-order valence-corrected chi connectivity index (χ1v) is 7.10. The Bertz CT molecular complexity index is 451. The Morgan fingerprint density at radius 3 is 2.81 bits per heavy atom. The zero-order chi connectivity index (χ0) is 15.7. The number of unbranched alkanes of at least 4 members (excludes halogenated alkanes) is 1. The highest BCUT2D eigenvalue weighted by atomic mass is 16.5. The van der Waals surface area contributed by atoms with Crippen LogP contribution in [0.4, 0.5) is 5.69 Å². The molecule has 4 N–H and O–H groups in total. The minimum Gasteiger partial charge on any atom is -0.493 e. The minimum atomic E-state index is -0.520. The number of carbonyl (C=O) groups is 1. The van der Waals surface area contributed by atoms with Crippen molar-refractivity contribution in [2.24, 2.45) is 5.73 Å². The van der Waals surface area contributed by atoms with Crippen LogP contribution in [0.1, 0.15) is 26.2 Å². The average molecular weight is 296 g/mol. The molecule has 0 saturated heterocycles. The van der Waals surface area contributed by atoms with Gasteiger partial charge in [-0.1, -0.05) is 19.8 Å². The lowest BCUT2D eigenvalue weighted by atomic mass is 10.1. The van der Waals surface area contributed by atoms with E-state index in [4.69, 9.17) is 20.3 Å². The number of benzene rings is 1. The summed E-state index contributed by atoms with van der Waals surface area (Å²) in [5.41, 5.74) is 6.41. The van der Waals surface area contributed by atoms with Gasteiger partial charge in [-0.05, 0) is 18.6 Å². The molecule has 0 saturated carbocycles. The Hall–Kier alpha value is -1.79. The fourth-order valence-corrected chi connectivity index (χ4v) is 1.81. The Morgan fingerprint density at radius 2 is 2.19 bits per heavy atom. The number of carbonyl (C=O) groups excluding carboxylic acids is 1. The molecular weight excluding hydrogens is 272 g/mol. The molecule has 1 atom stereocenters. The van der Waals surface area contributed by atoms with Crippen molar-refractivity contribution in [2.75, 3.05) is 25.6 Å². The number of rotatable bonds is 9. The number of nitrogens with one attached hydrogen (secondary N) is 1. The second kappa shape index (κ2) is 9.20. The molecule has 1 amide bonds. The number of hydrogen-bond acceptors (Lipinski definition) is 5. The molecule has 0 unspecified atom stereocenters. The lowest BCUT2D eigenvalue weighted by Crippen LogP contribution is -2.35. The zero-order valence-corrected chi connectivity index (χ0v) is 12.6. The Morgan fingerprint density at radius 1 is 1.43 bits per heavy atom. The normalized spacial score (nSPS) is 11.8. The summed E-state index contributed by atoms with van der Waals surface area (Å²) < 4.78 is 10.5. The number of anilines is 1. The first-order valence-electron chi connectivity index (χ1n) is 7.10. The molecule has 0 aromatic heterocycles. The van der Waals surface area contributed by atoms with E-state index in [1.54, 1.807) is 18.2 Å². The molecule has 6 heteroatoms. The van der Waals surface area contributed by atoms with Gasteiger partial charge in [-0.3, -0.25) is 4.79 Å². The first kappa shape index (κ1) is 17.3. The zero-order valence-electron chi connectivity index (χ0n) is 12.6. The van der Waals surface area contributed by atoms with Gasteiger partial charge in [-0.2, -0.15) is 0 Å². The lowest BCUT2D eigenvalue weighted by molar-refractivity contribution is -0.117. The van der Waals surface area contributed by atoms with Crippen molar-refractivity contribution in [3.63, 3.8) is 0 Å². The van der Waals surface area contributed by atoms with Crippen LogP contribution in [0.25, 0.3) is 0 Å². The third-order valence-electron chi connectivity index (χ3n) is 2.99. The summed E-state index contributed by atoms with van der Waals surface area (Å²) in [6.45, 7) is 2.12. The van der Waals surface area contributed by atoms with E-state index in [-0.39, 0.29) is 19.1 Å². The Kier molecular flexibility index (Phi) is 7.56. The fourth-order valence-electron chi connectivity index (χ4n) is 1.81. The highest BCUT2D eigenvalue weighted by Gasteiger charge is 2.14. The van der Waals surface area contributed by atoms with Crippen molar-refractivity contribution in [3.8, 4) is 11.5 Å². The van der Waals surface area contributed by atoms with Gasteiger partial charge in [0.05, 0.1) is 19.8 Å². The van der Waals surface area contributed by atoms with Crippen molar-refractivity contribution in [2.45, 2.75) is 32.2 Å². The van der Waals surface area contributed by atoms with Gasteiger partial charge in [0.15, 0.2) is 11.5 Å². The van der Waals surface area contributed by atoms with E-state index < -0.39 is 6.04 Å². The van der Waals surface area contributed by atoms with Crippen molar-refractivity contribution < 1.29 is 19.4 Å². The number of amides is 1. The standard InChI is InChI=1S/C15H24N2O4/c1-3-4-5-12(16)15(19)17-11-6-7-13(20-2)14(10-11)21-9-8-18/h6-7,10,12,18H,3-5,8-9,16H2,1-2H3,(H,17,19)/t12-/m0/s1. The number of methoxy groups -OCH3 is 1. The smallest absolute Gasteiger partial charge is 0.241 e. The Balaban J connectivity index is 2.72. The molecule has 0 spiro atoms. The van der Waals surface area contributed by atoms with Gasteiger partial charge in [0.1, 0.15) is 6.61 Å². The molecule has 0 bridgehead atoms. The monoisotopic (exact) mass is 296 g/mol. The van der Waals surface area contributed by atoms with Crippen LogP contribution < -0.4 is 20.5 Å². The maximum Gasteiger partial charge on any atom is 0.241 e. The highest BCUT2D eigenvalue weighted by molar-refractivity contribution is 5.94. The topological polar surface area (TPSA) is 93.8 Å². The number of ether oxygens (including phenoxy) is 2. The lowest BCUT2D eigenvalue weighted by Gasteiger charge is -2.14. The molecule has 1 aromatic carbocycles. The third kappa shape index (κ3) is 5.61. The van der Waals surface area contributed by atoms with E-state index in [9.17, 15) is 4.79 Å². The summed E-state index contributed by atoms with van der Waals surface area (Å²) >= 11 is 0. The molecule has 1 aromatic rings. The van der Waals surface area contributed by atoms with Crippen LogP contribution in [0.5, 0.6) is 11.5 Å². The van der Waals surface area contributed by atoms with Gasteiger partial charge >= 0.3 is 0 Å². The van der Waals surface area contributed by atoms with Gasteiger partial charge in [-0.15, -0.1) is 0 Å². The molecule has 6 nitrogen and oxygen atoms in total. The molecule has 0 heterocycles.